The normalized spacial score (nSPS) is 17.3. The van der Waals surface area contributed by atoms with Crippen LogP contribution in [-0.4, -0.2) is 107 Å². The van der Waals surface area contributed by atoms with Gasteiger partial charge in [0.15, 0.2) is 30.8 Å². The third-order valence-corrected chi connectivity index (χ3v) is 15.0. The number of hydrogen-bond acceptors (Lipinski definition) is 16. The average molecular weight is 1090 g/mol. The Bertz CT molecular complexity index is 2970. The molecule has 1 unspecified atom stereocenters. The van der Waals surface area contributed by atoms with Gasteiger partial charge in [0, 0.05) is 12.1 Å². The smallest absolute Gasteiger partial charge is 0.313 e. The molecular formula is C58H72N7O12P. The molecule has 0 aliphatic carbocycles. The van der Waals surface area contributed by atoms with E-state index in [4.69, 9.17) is 47.2 Å². The first-order chi connectivity index (χ1) is 37.2. The summed E-state index contributed by atoms with van der Waals surface area (Å²) in [6, 6.07) is 34.4. The molecule has 2 aromatic heterocycles. The van der Waals surface area contributed by atoms with Gasteiger partial charge in [-0.1, -0.05) is 87.5 Å². The van der Waals surface area contributed by atoms with E-state index < -0.39 is 68.3 Å². The summed E-state index contributed by atoms with van der Waals surface area (Å²) in [5.74, 6) is 0.467. The number of aromatic nitrogens is 4. The lowest BCUT2D eigenvalue weighted by Gasteiger charge is -2.39. The van der Waals surface area contributed by atoms with Crippen molar-refractivity contribution in [1.29, 1.82) is 5.26 Å². The van der Waals surface area contributed by atoms with E-state index in [1.807, 2.05) is 119 Å². The highest BCUT2D eigenvalue weighted by molar-refractivity contribution is 7.44. The van der Waals surface area contributed by atoms with Gasteiger partial charge < -0.3 is 42.2 Å². The van der Waals surface area contributed by atoms with Gasteiger partial charge in [-0.25, -0.2) is 9.65 Å². The highest BCUT2D eigenvalue weighted by atomic mass is 31.2. The number of hydrogen-bond donors (Lipinski definition) is 2. The highest BCUT2D eigenvalue weighted by Gasteiger charge is 2.52. The number of nitrogens with zero attached hydrogens (tertiary/aromatic N) is 5. The molecule has 19 nitrogen and oxygen atoms in total. The summed E-state index contributed by atoms with van der Waals surface area (Å²) >= 11 is 0. The van der Waals surface area contributed by atoms with E-state index in [-0.39, 0.29) is 60.9 Å². The number of benzene rings is 4. The number of esters is 1. The van der Waals surface area contributed by atoms with E-state index in [1.165, 1.54) is 10.9 Å². The van der Waals surface area contributed by atoms with Crippen molar-refractivity contribution in [3.8, 4) is 23.3 Å². The zero-order chi connectivity index (χ0) is 56.4. The number of ether oxygens (including phenoxy) is 7. The monoisotopic (exact) mass is 1090 g/mol. The van der Waals surface area contributed by atoms with E-state index in [1.54, 1.807) is 47.1 Å². The van der Waals surface area contributed by atoms with E-state index in [9.17, 15) is 19.6 Å². The molecule has 1 aliphatic rings. The van der Waals surface area contributed by atoms with Crippen LogP contribution in [0.1, 0.15) is 104 Å². The lowest BCUT2D eigenvalue weighted by atomic mass is 9.80. The summed E-state index contributed by atoms with van der Waals surface area (Å²) in [5.41, 5.74) is 0.425. The fraction of sp³-hybridized carbons (Fsp3) is 0.448. The van der Waals surface area contributed by atoms with Crippen molar-refractivity contribution < 1.29 is 51.8 Å². The molecule has 0 radical (unpaired) electrons. The van der Waals surface area contributed by atoms with Gasteiger partial charge in [0.2, 0.25) is 5.95 Å². The number of imidazole rings is 1. The number of H-pyrrole nitrogens is 1. The molecule has 6 aromatic rings. The molecule has 1 saturated heterocycles. The molecule has 4 aromatic carbocycles. The molecule has 0 bridgehead atoms. The van der Waals surface area contributed by atoms with Gasteiger partial charge >= 0.3 is 5.97 Å². The molecule has 0 saturated carbocycles. The lowest BCUT2D eigenvalue weighted by Crippen LogP contribution is -2.43. The first kappa shape index (κ1) is 58.9. The number of nitrogens with one attached hydrogen (secondary N) is 2. The highest BCUT2D eigenvalue weighted by Crippen LogP contribution is 2.52. The SMILES string of the molecule is COc1ccc(C(OC[C@H]2O[C@@H](n3cnc4c(=O)[nH]c(NC(=O)COc5ccc(C(C)(C)C)cc5)nc43)[C@H](OCOC(=O)C(C)(C)C)[C@@H]2OP(OCCC#N)N(C(C)C)C(C)C)(c2ccccc2)c2ccc(OC)cc2)cc1. The first-order valence-electron chi connectivity index (χ1n) is 25.9. The standard InChI is InChI=1S/C58H72N7O12P/c1-37(2)65(38(3)4)78(75-32-16-31-59)77-49-46(33-74-58(40-17-14-13-15-18-40,41-21-25-43(69-11)26-22-41)42-23-27-44(70-12)28-24-42)76-53(50(49)72-36-73-54(68)57(8,9)10)64-35-60-48-51(64)62-55(63-52(48)67)61-47(66)34-71-45-29-19-39(20-30-45)56(5,6)7/h13-15,17-30,35,37-38,46,49-50,53H,16,32-34,36H2,1-12H3,(H2,61,62,63,66,67)/t46-,49-,50-,53-,78?/m1/s1. The Morgan fingerprint density at radius 3 is 1.95 bits per heavy atom. The fourth-order valence-electron chi connectivity index (χ4n) is 8.97. The third-order valence-electron chi connectivity index (χ3n) is 12.9. The quantitative estimate of drug-likeness (QED) is 0.0189. The molecule has 416 valence electrons. The Balaban J connectivity index is 1.34. The lowest BCUT2D eigenvalue weighted by molar-refractivity contribution is -0.178. The van der Waals surface area contributed by atoms with Crippen LogP contribution in [0.25, 0.3) is 11.2 Å². The summed E-state index contributed by atoms with van der Waals surface area (Å²) in [5, 5.41) is 12.3. The van der Waals surface area contributed by atoms with Gasteiger partial charge in [0.05, 0.1) is 51.7 Å². The summed E-state index contributed by atoms with van der Waals surface area (Å²) < 4.78 is 61.3. The molecule has 20 heteroatoms. The van der Waals surface area contributed by atoms with Crippen molar-refractivity contribution in [3.63, 3.8) is 0 Å². The zero-order valence-electron chi connectivity index (χ0n) is 46.5. The van der Waals surface area contributed by atoms with E-state index >= 15 is 0 Å². The average Bonchev–Trinajstić information content (AvgIpc) is 4.17. The maximum Gasteiger partial charge on any atom is 0.313 e. The van der Waals surface area contributed by atoms with Gasteiger partial charge in [0.25, 0.3) is 20.0 Å². The molecule has 1 aliphatic heterocycles. The van der Waals surface area contributed by atoms with Crippen LogP contribution in [0.5, 0.6) is 17.2 Å². The number of rotatable bonds is 24. The molecule has 5 atom stereocenters. The Morgan fingerprint density at radius 1 is 0.821 bits per heavy atom. The van der Waals surface area contributed by atoms with Crippen molar-refractivity contribution in [2.75, 3.05) is 46.1 Å². The maximum absolute atomic E-state index is 13.8. The molecule has 3 heterocycles. The van der Waals surface area contributed by atoms with Crippen molar-refractivity contribution in [2.24, 2.45) is 5.41 Å². The van der Waals surface area contributed by atoms with E-state index in [2.05, 4.69) is 46.8 Å². The Hall–Kier alpha value is -6.75. The minimum atomic E-state index is -1.99. The Morgan fingerprint density at radius 2 is 1.40 bits per heavy atom. The number of anilines is 1. The summed E-state index contributed by atoms with van der Waals surface area (Å²) in [7, 11) is 1.21. The van der Waals surface area contributed by atoms with Gasteiger partial charge in [-0.15, -0.1) is 0 Å². The van der Waals surface area contributed by atoms with Crippen LogP contribution in [0.3, 0.4) is 0 Å². The van der Waals surface area contributed by atoms with Crippen LogP contribution in [0.2, 0.25) is 0 Å². The van der Waals surface area contributed by atoms with Gasteiger partial charge in [-0.05, 0) is 113 Å². The Labute approximate surface area is 457 Å². The minimum absolute atomic E-state index is 0.0203. The first-order valence-corrected chi connectivity index (χ1v) is 27.0. The van der Waals surface area contributed by atoms with E-state index in [0.29, 0.717) is 17.2 Å². The molecule has 7 rings (SSSR count). The molecule has 1 amide bonds. The number of fused-ring (bicyclic) bond motifs is 1. The van der Waals surface area contributed by atoms with Crippen molar-refractivity contribution in [2.45, 2.75) is 123 Å². The van der Waals surface area contributed by atoms with Gasteiger partial charge in [-0.2, -0.15) is 10.2 Å². The predicted octanol–water partition coefficient (Wildman–Crippen LogP) is 9.95. The summed E-state index contributed by atoms with van der Waals surface area (Å²) in [4.78, 5) is 52.4. The summed E-state index contributed by atoms with van der Waals surface area (Å²) in [6.07, 6.45) is -3.03. The number of aromatic amines is 1. The van der Waals surface area contributed by atoms with Crippen LogP contribution in [0, 0.1) is 16.7 Å². The van der Waals surface area contributed by atoms with E-state index in [0.717, 1.165) is 22.3 Å². The molecule has 2 N–H and O–H groups in total. The number of amides is 1. The predicted molar refractivity (Wildman–Crippen MR) is 295 cm³/mol. The van der Waals surface area contributed by atoms with Crippen LogP contribution >= 0.6 is 8.53 Å². The van der Waals surface area contributed by atoms with Gasteiger partial charge in [0.1, 0.15) is 41.2 Å². The summed E-state index contributed by atoms with van der Waals surface area (Å²) in [6.45, 7) is 18.5. The Kier molecular flexibility index (Phi) is 19.5. The second-order valence-corrected chi connectivity index (χ2v) is 22.7. The molecule has 1 fully saturated rings. The number of nitriles is 1. The third kappa shape index (κ3) is 13.9. The number of carbonyl (C=O) groups is 2. The zero-order valence-corrected chi connectivity index (χ0v) is 47.4. The fourth-order valence-corrected chi connectivity index (χ4v) is 10.7. The second-order valence-electron chi connectivity index (χ2n) is 21.3. The van der Waals surface area contributed by atoms with Crippen molar-refractivity contribution >= 4 is 37.5 Å². The van der Waals surface area contributed by atoms with Crippen molar-refractivity contribution in [1.82, 2.24) is 24.2 Å². The number of carbonyl (C=O) groups excluding carboxylic acids is 2. The molecule has 78 heavy (non-hydrogen) atoms. The van der Waals surface area contributed by atoms with Crippen molar-refractivity contribution in [3.05, 3.63) is 142 Å². The van der Waals surface area contributed by atoms with Crippen LogP contribution < -0.4 is 25.1 Å². The minimum Gasteiger partial charge on any atom is -0.497 e. The van der Waals surface area contributed by atoms with Crippen LogP contribution in [0.4, 0.5) is 5.95 Å². The molecular weight excluding hydrogens is 1020 g/mol. The molecule has 0 spiro atoms. The number of methoxy groups -OCH3 is 2. The van der Waals surface area contributed by atoms with Crippen LogP contribution in [-0.2, 0) is 48.6 Å². The van der Waals surface area contributed by atoms with Gasteiger partial charge in [-0.3, -0.25) is 29.3 Å². The van der Waals surface area contributed by atoms with Crippen LogP contribution in [0.15, 0.2) is 114 Å². The largest absolute Gasteiger partial charge is 0.497 e. The maximum atomic E-state index is 13.8. The topological polar surface area (TPSA) is 220 Å². The second kappa shape index (κ2) is 25.8.